The number of ether oxygens (including phenoxy) is 1. The molecule has 0 aliphatic heterocycles. The Kier molecular flexibility index (Phi) is 5.64. The summed E-state index contributed by atoms with van der Waals surface area (Å²) in [5.41, 5.74) is 5.37. The van der Waals surface area contributed by atoms with E-state index in [1.807, 2.05) is 24.3 Å². The number of amides is 1. The molecular weight excluding hydrogens is 433 g/mol. The van der Waals surface area contributed by atoms with Gasteiger partial charge in [0.2, 0.25) is 0 Å². The first-order valence-corrected chi connectivity index (χ1v) is 9.95. The molecule has 1 N–H and O–H groups in total. The minimum Gasteiger partial charge on any atom is -0.449 e. The van der Waals surface area contributed by atoms with E-state index in [0.29, 0.717) is 10.0 Å². The summed E-state index contributed by atoms with van der Waals surface area (Å²) < 4.78 is 19.1. The van der Waals surface area contributed by atoms with Crippen LogP contribution in [0.5, 0.6) is 0 Å². The van der Waals surface area contributed by atoms with Gasteiger partial charge in [0.05, 0.1) is 6.54 Å². The van der Waals surface area contributed by atoms with E-state index < -0.39 is 6.09 Å². The van der Waals surface area contributed by atoms with Gasteiger partial charge in [-0.3, -0.25) is 0 Å². The molecule has 0 radical (unpaired) electrons. The van der Waals surface area contributed by atoms with Crippen molar-refractivity contribution in [2.24, 2.45) is 0 Å². The molecule has 0 saturated carbocycles. The van der Waals surface area contributed by atoms with Crippen molar-refractivity contribution >= 4 is 22.0 Å². The average Bonchev–Trinajstić information content (AvgIpc) is 3.05. The highest BCUT2D eigenvalue weighted by Gasteiger charge is 2.28. The highest BCUT2D eigenvalue weighted by atomic mass is 79.9. The lowest BCUT2D eigenvalue weighted by atomic mass is 9.98. The maximum atomic E-state index is 13.1. The number of alkyl carbamates (subject to hydrolysis) is 1. The fourth-order valence-electron chi connectivity index (χ4n) is 3.50. The fourth-order valence-corrected chi connectivity index (χ4v) is 3.95. The van der Waals surface area contributed by atoms with Gasteiger partial charge in [0, 0.05) is 16.0 Å². The molecule has 0 spiro atoms. The lowest BCUT2D eigenvalue weighted by Crippen LogP contribution is -2.26. The molecule has 0 atom stereocenters. The minimum absolute atomic E-state index is 0.0226. The average molecular weight is 450 g/mol. The first-order valence-electron chi connectivity index (χ1n) is 9.16. The van der Waals surface area contributed by atoms with Gasteiger partial charge >= 0.3 is 6.09 Å². The van der Waals surface area contributed by atoms with Crippen molar-refractivity contribution in [3.8, 4) is 23.0 Å². The third-order valence-electron chi connectivity index (χ3n) is 4.82. The number of hydrogen-bond acceptors (Lipinski definition) is 2. The van der Waals surface area contributed by atoms with Crippen molar-refractivity contribution in [2.45, 2.75) is 5.92 Å². The topological polar surface area (TPSA) is 38.3 Å². The minimum atomic E-state index is -0.515. The predicted molar refractivity (Wildman–Crippen MR) is 114 cm³/mol. The number of halogens is 2. The van der Waals surface area contributed by atoms with Crippen LogP contribution in [0.2, 0.25) is 0 Å². The summed E-state index contributed by atoms with van der Waals surface area (Å²) in [5, 5.41) is 2.63. The van der Waals surface area contributed by atoms with E-state index in [2.05, 4.69) is 57.4 Å². The Morgan fingerprint density at radius 3 is 2.34 bits per heavy atom. The lowest BCUT2D eigenvalue weighted by Gasteiger charge is -2.14. The normalized spacial score (nSPS) is 11.8. The van der Waals surface area contributed by atoms with E-state index in [9.17, 15) is 9.18 Å². The summed E-state index contributed by atoms with van der Waals surface area (Å²) in [6.45, 7) is 0.400. The van der Waals surface area contributed by atoms with Gasteiger partial charge in [-0.15, -0.1) is 0 Å². The molecule has 29 heavy (non-hydrogen) atoms. The monoisotopic (exact) mass is 449 g/mol. The molecule has 0 saturated heterocycles. The van der Waals surface area contributed by atoms with E-state index >= 15 is 0 Å². The van der Waals surface area contributed by atoms with E-state index in [4.69, 9.17) is 4.74 Å². The van der Waals surface area contributed by atoms with Crippen LogP contribution in [-0.4, -0.2) is 19.2 Å². The maximum absolute atomic E-state index is 13.1. The van der Waals surface area contributed by atoms with Gasteiger partial charge in [0.15, 0.2) is 0 Å². The van der Waals surface area contributed by atoms with Crippen molar-refractivity contribution in [3.63, 3.8) is 0 Å². The first kappa shape index (κ1) is 19.2. The van der Waals surface area contributed by atoms with Crippen LogP contribution in [-0.2, 0) is 4.74 Å². The van der Waals surface area contributed by atoms with Crippen molar-refractivity contribution in [2.75, 3.05) is 13.2 Å². The number of hydrogen-bond donors (Lipinski definition) is 1. The summed E-state index contributed by atoms with van der Waals surface area (Å²) in [6.07, 6.45) is -0.515. The third kappa shape index (κ3) is 4.18. The molecule has 0 unspecified atom stereocenters. The molecule has 0 fully saturated rings. The van der Waals surface area contributed by atoms with E-state index in [0.717, 1.165) is 0 Å². The number of benzene rings is 3. The van der Waals surface area contributed by atoms with Crippen molar-refractivity contribution < 1.29 is 13.9 Å². The third-order valence-corrected chi connectivity index (χ3v) is 5.48. The van der Waals surface area contributed by atoms with Crippen LogP contribution in [0.4, 0.5) is 9.18 Å². The number of carbonyl (C=O) groups excluding carboxylic acids is 1. The SMILES string of the molecule is O=C(NCC#Cc1ccc(F)cc1Br)OCC1c2ccccc2-c2ccccc21. The van der Waals surface area contributed by atoms with Gasteiger partial charge in [-0.05, 0) is 56.4 Å². The lowest BCUT2D eigenvalue weighted by molar-refractivity contribution is 0.144. The van der Waals surface area contributed by atoms with Crippen molar-refractivity contribution in [1.29, 1.82) is 0 Å². The number of carbonyl (C=O) groups is 1. The molecule has 3 aromatic carbocycles. The zero-order chi connectivity index (χ0) is 20.2. The number of nitrogens with one attached hydrogen (secondary N) is 1. The Morgan fingerprint density at radius 1 is 1.03 bits per heavy atom. The number of fused-ring (bicyclic) bond motifs is 3. The summed E-state index contributed by atoms with van der Waals surface area (Å²) in [7, 11) is 0. The Morgan fingerprint density at radius 2 is 1.69 bits per heavy atom. The largest absolute Gasteiger partial charge is 0.449 e. The van der Waals surface area contributed by atoms with Gasteiger partial charge in [-0.2, -0.15) is 0 Å². The second-order valence-corrected chi connectivity index (χ2v) is 7.46. The Hall–Kier alpha value is -3.10. The summed E-state index contributed by atoms with van der Waals surface area (Å²) in [6, 6.07) is 20.7. The Labute approximate surface area is 177 Å². The first-order chi connectivity index (χ1) is 14.1. The van der Waals surface area contributed by atoms with Gasteiger partial charge in [0.1, 0.15) is 12.4 Å². The summed E-state index contributed by atoms with van der Waals surface area (Å²) in [5.74, 6) is 5.41. The molecule has 5 heteroatoms. The van der Waals surface area contributed by atoms with Crippen LogP contribution in [0.15, 0.2) is 71.2 Å². The molecule has 3 aromatic rings. The molecule has 1 aliphatic carbocycles. The summed E-state index contributed by atoms with van der Waals surface area (Å²) >= 11 is 3.26. The zero-order valence-electron chi connectivity index (χ0n) is 15.4. The van der Waals surface area contributed by atoms with Crippen molar-refractivity contribution in [3.05, 3.63) is 93.7 Å². The highest BCUT2D eigenvalue weighted by Crippen LogP contribution is 2.44. The van der Waals surface area contributed by atoms with Crippen LogP contribution in [0, 0.1) is 17.7 Å². The van der Waals surface area contributed by atoms with Gasteiger partial charge < -0.3 is 10.1 Å². The Bertz CT molecular complexity index is 1090. The molecule has 1 amide bonds. The quantitative estimate of drug-likeness (QED) is 0.537. The molecule has 0 heterocycles. The van der Waals surface area contributed by atoms with Crippen LogP contribution in [0.3, 0.4) is 0 Å². The predicted octanol–water partition coefficient (Wildman–Crippen LogP) is 5.48. The van der Waals surface area contributed by atoms with Crippen LogP contribution in [0.1, 0.15) is 22.6 Å². The van der Waals surface area contributed by atoms with Gasteiger partial charge in [-0.25, -0.2) is 9.18 Å². The van der Waals surface area contributed by atoms with Gasteiger partial charge in [-0.1, -0.05) is 60.4 Å². The molecule has 1 aliphatic rings. The zero-order valence-corrected chi connectivity index (χ0v) is 17.0. The molecular formula is C24H17BrFNO2. The van der Waals surface area contributed by atoms with Crippen LogP contribution < -0.4 is 5.32 Å². The highest BCUT2D eigenvalue weighted by molar-refractivity contribution is 9.10. The second-order valence-electron chi connectivity index (χ2n) is 6.61. The maximum Gasteiger partial charge on any atom is 0.407 e. The van der Waals surface area contributed by atoms with Gasteiger partial charge in [0.25, 0.3) is 0 Å². The standard InChI is InChI=1S/C24H17BrFNO2/c25-23-14-17(26)12-11-16(23)6-5-13-27-24(28)29-15-22-20-9-3-1-7-18(20)19-8-2-4-10-21(19)22/h1-4,7-12,14,22H,13,15H2,(H,27,28). The molecule has 4 rings (SSSR count). The molecule has 0 aromatic heterocycles. The fraction of sp³-hybridized carbons (Fsp3) is 0.125. The van der Waals surface area contributed by atoms with Crippen LogP contribution >= 0.6 is 15.9 Å². The Balaban J connectivity index is 1.35. The smallest absolute Gasteiger partial charge is 0.407 e. The van der Waals surface area contributed by atoms with Crippen molar-refractivity contribution in [1.82, 2.24) is 5.32 Å². The summed E-state index contributed by atoms with van der Waals surface area (Å²) in [4.78, 5) is 12.1. The van der Waals surface area contributed by atoms with E-state index in [1.54, 1.807) is 6.07 Å². The second kappa shape index (κ2) is 8.50. The van der Waals surface area contributed by atoms with E-state index in [-0.39, 0.29) is 24.9 Å². The molecule has 0 bridgehead atoms. The van der Waals surface area contributed by atoms with E-state index in [1.165, 1.54) is 34.4 Å². The molecule has 3 nitrogen and oxygen atoms in total. The molecule has 144 valence electrons. The van der Waals surface area contributed by atoms with Crippen LogP contribution in [0.25, 0.3) is 11.1 Å². The number of rotatable bonds is 3.